The molecule has 7 heteroatoms. The minimum Gasteiger partial charge on any atom is -0.492 e. The maximum atomic E-state index is 12.8. The van der Waals surface area contributed by atoms with E-state index in [1.807, 2.05) is 19.1 Å². The number of aromatic nitrogens is 2. The van der Waals surface area contributed by atoms with Gasteiger partial charge in [-0.1, -0.05) is 12.1 Å². The highest BCUT2D eigenvalue weighted by atomic mass is 16.5. The van der Waals surface area contributed by atoms with Crippen LogP contribution in [0.15, 0.2) is 47.3 Å². The Morgan fingerprint density at radius 1 is 1.18 bits per heavy atom. The molecule has 28 heavy (non-hydrogen) atoms. The summed E-state index contributed by atoms with van der Waals surface area (Å²) in [4.78, 5) is 29.8. The number of benzene rings is 2. The van der Waals surface area contributed by atoms with E-state index in [0.29, 0.717) is 41.2 Å². The Labute approximate surface area is 162 Å². The summed E-state index contributed by atoms with van der Waals surface area (Å²) < 4.78 is 7.26. The number of nitrogens with one attached hydrogen (secondary N) is 2. The van der Waals surface area contributed by atoms with Gasteiger partial charge in [-0.15, -0.1) is 0 Å². The molecule has 0 bridgehead atoms. The van der Waals surface area contributed by atoms with Gasteiger partial charge in [-0.25, -0.2) is 9.78 Å². The molecule has 2 N–H and O–H groups in total. The van der Waals surface area contributed by atoms with Crippen molar-refractivity contribution >= 4 is 28.3 Å². The van der Waals surface area contributed by atoms with E-state index in [9.17, 15) is 9.59 Å². The number of hydrogen-bond acceptors (Lipinski definition) is 4. The zero-order valence-electron chi connectivity index (χ0n) is 15.7. The third kappa shape index (κ3) is 3.55. The van der Waals surface area contributed by atoms with E-state index in [0.717, 1.165) is 25.1 Å². The number of nitrogens with zero attached hydrogens (tertiary/aromatic N) is 2. The third-order valence-corrected chi connectivity index (χ3v) is 4.76. The van der Waals surface area contributed by atoms with Crippen LogP contribution in [0.4, 0.5) is 16.2 Å². The van der Waals surface area contributed by atoms with Gasteiger partial charge in [0.25, 0.3) is 5.56 Å². The van der Waals surface area contributed by atoms with Crippen molar-refractivity contribution in [3.63, 3.8) is 0 Å². The highest BCUT2D eigenvalue weighted by Crippen LogP contribution is 2.24. The van der Waals surface area contributed by atoms with Crippen LogP contribution in [0.3, 0.4) is 0 Å². The summed E-state index contributed by atoms with van der Waals surface area (Å²) in [5, 5.41) is 6.07. The standard InChI is InChI=1S/C21H22N4O3/c1-2-28-18-8-4-3-7-17(18)24-21(27)22-14-10-11-16-15(13-14)20(26)25-12-6-5-9-19(25)23-16/h3-4,7-8,10-11,13H,2,5-6,9,12H2,1H3,(H2,22,24,27). The van der Waals surface area contributed by atoms with Crippen molar-refractivity contribution < 1.29 is 9.53 Å². The molecule has 1 aliphatic heterocycles. The summed E-state index contributed by atoms with van der Waals surface area (Å²) in [6.45, 7) is 3.09. The van der Waals surface area contributed by atoms with Gasteiger partial charge in [-0.2, -0.15) is 0 Å². The Bertz CT molecular complexity index is 1090. The fraction of sp³-hybridized carbons (Fsp3) is 0.286. The van der Waals surface area contributed by atoms with Crippen LogP contribution in [-0.4, -0.2) is 22.2 Å². The lowest BCUT2D eigenvalue weighted by molar-refractivity contribution is 0.262. The number of carbonyl (C=O) groups excluding carboxylic acids is 1. The Morgan fingerprint density at radius 2 is 2.04 bits per heavy atom. The number of para-hydroxylation sites is 2. The molecule has 0 saturated carbocycles. The van der Waals surface area contributed by atoms with E-state index in [1.165, 1.54) is 0 Å². The fourth-order valence-corrected chi connectivity index (χ4v) is 3.46. The lowest BCUT2D eigenvalue weighted by Crippen LogP contribution is -2.28. The van der Waals surface area contributed by atoms with Crippen LogP contribution in [0.2, 0.25) is 0 Å². The summed E-state index contributed by atoms with van der Waals surface area (Å²) >= 11 is 0. The van der Waals surface area contributed by atoms with Crippen LogP contribution in [0.5, 0.6) is 5.75 Å². The molecule has 2 aromatic carbocycles. The van der Waals surface area contributed by atoms with Gasteiger partial charge < -0.3 is 15.4 Å². The van der Waals surface area contributed by atoms with Crippen molar-refractivity contribution in [3.8, 4) is 5.75 Å². The Balaban J connectivity index is 1.57. The van der Waals surface area contributed by atoms with Gasteiger partial charge in [0.2, 0.25) is 0 Å². The van der Waals surface area contributed by atoms with Crippen molar-refractivity contribution in [1.82, 2.24) is 9.55 Å². The molecule has 0 spiro atoms. The zero-order valence-corrected chi connectivity index (χ0v) is 15.7. The lowest BCUT2D eigenvalue weighted by Gasteiger charge is -2.18. The molecule has 144 valence electrons. The molecule has 7 nitrogen and oxygen atoms in total. The molecule has 1 aliphatic rings. The van der Waals surface area contributed by atoms with E-state index in [4.69, 9.17) is 4.74 Å². The minimum atomic E-state index is -0.405. The van der Waals surface area contributed by atoms with Crippen LogP contribution in [0.1, 0.15) is 25.6 Å². The SMILES string of the molecule is CCOc1ccccc1NC(=O)Nc1ccc2nc3n(c(=O)c2c1)CCCC3. The number of rotatable bonds is 4. The summed E-state index contributed by atoms with van der Waals surface area (Å²) in [7, 11) is 0. The number of aryl methyl sites for hydroxylation is 1. The highest BCUT2D eigenvalue weighted by molar-refractivity contribution is 6.01. The maximum Gasteiger partial charge on any atom is 0.323 e. The van der Waals surface area contributed by atoms with Crippen molar-refractivity contribution in [2.45, 2.75) is 32.7 Å². The number of anilines is 2. The van der Waals surface area contributed by atoms with Gasteiger partial charge in [-0.3, -0.25) is 9.36 Å². The van der Waals surface area contributed by atoms with E-state index >= 15 is 0 Å². The van der Waals surface area contributed by atoms with Crippen LogP contribution in [0, 0.1) is 0 Å². The van der Waals surface area contributed by atoms with Gasteiger partial charge in [0.05, 0.1) is 23.2 Å². The number of ether oxygens (including phenoxy) is 1. The number of carbonyl (C=O) groups is 1. The van der Waals surface area contributed by atoms with Gasteiger partial charge in [-0.05, 0) is 50.1 Å². The molecule has 0 aliphatic carbocycles. The molecule has 0 atom stereocenters. The molecular formula is C21H22N4O3. The molecule has 3 aromatic rings. The van der Waals surface area contributed by atoms with Crippen molar-refractivity contribution in [2.24, 2.45) is 0 Å². The molecule has 0 radical (unpaired) electrons. The topological polar surface area (TPSA) is 85.2 Å². The van der Waals surface area contributed by atoms with Crippen LogP contribution in [-0.2, 0) is 13.0 Å². The Morgan fingerprint density at radius 3 is 2.89 bits per heavy atom. The van der Waals surface area contributed by atoms with E-state index in [-0.39, 0.29) is 5.56 Å². The molecule has 0 saturated heterocycles. The Kier molecular flexibility index (Phi) is 4.97. The lowest BCUT2D eigenvalue weighted by atomic mass is 10.1. The molecule has 1 aromatic heterocycles. The number of amides is 2. The molecule has 4 rings (SSSR count). The Hall–Kier alpha value is -3.35. The second-order valence-electron chi connectivity index (χ2n) is 6.68. The molecule has 0 unspecified atom stereocenters. The molecule has 0 fully saturated rings. The number of fused-ring (bicyclic) bond motifs is 2. The minimum absolute atomic E-state index is 0.0505. The molecule has 2 amide bonds. The predicted molar refractivity (Wildman–Crippen MR) is 109 cm³/mol. The van der Waals surface area contributed by atoms with Gasteiger partial charge in [0.1, 0.15) is 11.6 Å². The first-order valence-corrected chi connectivity index (χ1v) is 9.49. The second-order valence-corrected chi connectivity index (χ2v) is 6.68. The molecular weight excluding hydrogens is 356 g/mol. The molecule has 2 heterocycles. The van der Waals surface area contributed by atoms with Gasteiger partial charge in [0, 0.05) is 18.7 Å². The third-order valence-electron chi connectivity index (χ3n) is 4.76. The first-order chi connectivity index (χ1) is 13.7. The highest BCUT2D eigenvalue weighted by Gasteiger charge is 2.15. The number of urea groups is 1. The summed E-state index contributed by atoms with van der Waals surface area (Å²) in [6, 6.07) is 12.0. The summed E-state index contributed by atoms with van der Waals surface area (Å²) in [6.07, 6.45) is 2.87. The van der Waals surface area contributed by atoms with Crippen molar-refractivity contribution in [1.29, 1.82) is 0 Å². The number of hydrogen-bond donors (Lipinski definition) is 2. The quantitative estimate of drug-likeness (QED) is 0.724. The summed E-state index contributed by atoms with van der Waals surface area (Å²) in [5.41, 5.74) is 1.73. The predicted octanol–water partition coefficient (Wildman–Crippen LogP) is 3.78. The fourth-order valence-electron chi connectivity index (χ4n) is 3.46. The largest absolute Gasteiger partial charge is 0.492 e. The monoisotopic (exact) mass is 378 g/mol. The van der Waals surface area contributed by atoms with E-state index < -0.39 is 6.03 Å². The van der Waals surface area contributed by atoms with E-state index in [1.54, 1.807) is 34.9 Å². The zero-order chi connectivity index (χ0) is 19.5. The summed E-state index contributed by atoms with van der Waals surface area (Å²) in [5.74, 6) is 1.45. The first-order valence-electron chi connectivity index (χ1n) is 9.49. The van der Waals surface area contributed by atoms with Crippen LogP contribution in [0.25, 0.3) is 10.9 Å². The average molecular weight is 378 g/mol. The van der Waals surface area contributed by atoms with Crippen LogP contribution >= 0.6 is 0 Å². The average Bonchev–Trinajstić information content (AvgIpc) is 2.70. The van der Waals surface area contributed by atoms with Gasteiger partial charge >= 0.3 is 6.03 Å². The van der Waals surface area contributed by atoms with Crippen LogP contribution < -0.4 is 20.9 Å². The maximum absolute atomic E-state index is 12.8. The normalized spacial score (nSPS) is 13.0. The van der Waals surface area contributed by atoms with E-state index in [2.05, 4.69) is 15.6 Å². The van der Waals surface area contributed by atoms with Crippen molar-refractivity contribution in [2.75, 3.05) is 17.2 Å². The smallest absolute Gasteiger partial charge is 0.323 e. The second kappa shape index (κ2) is 7.72. The van der Waals surface area contributed by atoms with Gasteiger partial charge in [0.15, 0.2) is 0 Å². The van der Waals surface area contributed by atoms with Crippen molar-refractivity contribution in [3.05, 3.63) is 58.6 Å². The first kappa shape index (κ1) is 18.0.